The zero-order valence-electron chi connectivity index (χ0n) is 11.0. The number of Topliss-reactive ketones (excluding diaryl/α,β-unsaturated/α-hetero) is 1. The standard InChI is InChI=1S/C11H15NO7/c1-5(6(2)13)7-8(10(14)17-3)12(16)19-9(7)11(15)18-4/h5,7,9H,1-4H3. The predicted octanol–water partition coefficient (Wildman–Crippen LogP) is -0.561. The Morgan fingerprint density at radius 3 is 2.32 bits per heavy atom. The van der Waals surface area contributed by atoms with Crippen molar-refractivity contribution in [3.8, 4) is 0 Å². The van der Waals surface area contributed by atoms with E-state index in [4.69, 9.17) is 4.84 Å². The van der Waals surface area contributed by atoms with Gasteiger partial charge in [-0.2, -0.15) is 0 Å². The van der Waals surface area contributed by atoms with Gasteiger partial charge in [-0.1, -0.05) is 6.92 Å². The number of hydrogen-bond donors (Lipinski definition) is 0. The van der Waals surface area contributed by atoms with Gasteiger partial charge in [0.25, 0.3) is 0 Å². The van der Waals surface area contributed by atoms with E-state index in [1.165, 1.54) is 13.8 Å². The first kappa shape index (κ1) is 14.9. The number of methoxy groups -OCH3 is 2. The van der Waals surface area contributed by atoms with Crippen molar-refractivity contribution in [3.63, 3.8) is 0 Å². The summed E-state index contributed by atoms with van der Waals surface area (Å²) in [7, 11) is 2.20. The monoisotopic (exact) mass is 273 g/mol. The first-order chi connectivity index (χ1) is 8.84. The van der Waals surface area contributed by atoms with Crippen LogP contribution in [0.3, 0.4) is 0 Å². The molecule has 0 spiro atoms. The van der Waals surface area contributed by atoms with Crippen LogP contribution in [0, 0.1) is 17.0 Å². The maximum Gasteiger partial charge on any atom is 0.405 e. The van der Waals surface area contributed by atoms with Crippen molar-refractivity contribution in [1.82, 2.24) is 0 Å². The van der Waals surface area contributed by atoms with Crippen LogP contribution in [0.5, 0.6) is 0 Å². The second kappa shape index (κ2) is 5.68. The lowest BCUT2D eigenvalue weighted by Gasteiger charge is -2.20. The third kappa shape index (κ3) is 2.67. The van der Waals surface area contributed by atoms with Gasteiger partial charge in [-0.05, 0) is 6.92 Å². The molecule has 8 heteroatoms. The Labute approximate surface area is 109 Å². The Morgan fingerprint density at radius 2 is 1.89 bits per heavy atom. The Balaban J connectivity index is 3.20. The molecule has 0 amide bonds. The molecule has 0 aromatic rings. The van der Waals surface area contributed by atoms with Crippen LogP contribution in [-0.4, -0.2) is 48.7 Å². The van der Waals surface area contributed by atoms with Crippen LogP contribution < -0.4 is 0 Å². The van der Waals surface area contributed by atoms with E-state index in [9.17, 15) is 19.6 Å². The van der Waals surface area contributed by atoms with Crippen molar-refractivity contribution in [3.05, 3.63) is 5.21 Å². The molecule has 1 heterocycles. The molecule has 106 valence electrons. The lowest BCUT2D eigenvalue weighted by atomic mass is 9.83. The minimum atomic E-state index is -1.34. The van der Waals surface area contributed by atoms with Crippen molar-refractivity contribution >= 4 is 23.4 Å². The van der Waals surface area contributed by atoms with E-state index in [1.807, 2.05) is 0 Å². The SMILES string of the molecule is COC(=O)C1=[N+]([O-])OC(C(=O)OC)C1C(C)C(C)=O. The predicted molar refractivity (Wildman–Crippen MR) is 60.9 cm³/mol. The van der Waals surface area contributed by atoms with Gasteiger partial charge in [0.15, 0.2) is 6.10 Å². The largest absolute Gasteiger partial charge is 0.468 e. The number of carbonyl (C=O) groups is 3. The van der Waals surface area contributed by atoms with Crippen LogP contribution >= 0.6 is 0 Å². The number of rotatable bonds is 4. The summed E-state index contributed by atoms with van der Waals surface area (Å²) in [5, 5.41) is 11.6. The average molecular weight is 273 g/mol. The lowest BCUT2D eigenvalue weighted by Crippen LogP contribution is -2.41. The molecule has 3 atom stereocenters. The van der Waals surface area contributed by atoms with Crippen molar-refractivity contribution in [1.29, 1.82) is 0 Å². The van der Waals surface area contributed by atoms with E-state index < -0.39 is 35.6 Å². The van der Waals surface area contributed by atoms with Crippen molar-refractivity contribution in [2.45, 2.75) is 20.0 Å². The quantitative estimate of drug-likeness (QED) is 0.499. The molecule has 0 bridgehead atoms. The van der Waals surface area contributed by atoms with Gasteiger partial charge < -0.3 is 14.3 Å². The molecule has 0 saturated heterocycles. The highest BCUT2D eigenvalue weighted by Crippen LogP contribution is 2.28. The van der Waals surface area contributed by atoms with Crippen LogP contribution in [0.4, 0.5) is 0 Å². The van der Waals surface area contributed by atoms with E-state index in [1.54, 1.807) is 0 Å². The van der Waals surface area contributed by atoms with Crippen molar-refractivity contribution < 1.29 is 33.6 Å². The fraction of sp³-hybridized carbons (Fsp3) is 0.636. The fourth-order valence-electron chi connectivity index (χ4n) is 1.86. The summed E-state index contributed by atoms with van der Waals surface area (Å²) in [5.74, 6) is -3.87. The molecule has 1 aliphatic rings. The molecule has 0 N–H and O–H groups in total. The van der Waals surface area contributed by atoms with Crippen molar-refractivity contribution in [2.24, 2.45) is 11.8 Å². The molecule has 0 radical (unpaired) electrons. The maximum absolute atomic E-state index is 11.6. The van der Waals surface area contributed by atoms with E-state index in [0.29, 0.717) is 0 Å². The van der Waals surface area contributed by atoms with Crippen LogP contribution in [0.2, 0.25) is 0 Å². The molecule has 1 rings (SSSR count). The van der Waals surface area contributed by atoms with E-state index in [2.05, 4.69) is 9.47 Å². The Kier molecular flexibility index (Phi) is 4.47. The smallest absolute Gasteiger partial charge is 0.405 e. The molecule has 0 aromatic heterocycles. The molecule has 0 saturated carbocycles. The number of esters is 2. The third-order valence-electron chi connectivity index (χ3n) is 3.06. The normalized spacial score (nSPS) is 23.6. The van der Waals surface area contributed by atoms with Gasteiger partial charge in [-0.15, -0.1) is 0 Å². The van der Waals surface area contributed by atoms with Gasteiger partial charge in [0, 0.05) is 5.92 Å². The van der Waals surface area contributed by atoms with Crippen LogP contribution in [0.1, 0.15) is 13.8 Å². The summed E-state index contributed by atoms with van der Waals surface area (Å²) in [6, 6.07) is 0. The first-order valence-corrected chi connectivity index (χ1v) is 5.52. The van der Waals surface area contributed by atoms with E-state index >= 15 is 0 Å². The Bertz CT molecular complexity index is 442. The summed E-state index contributed by atoms with van der Waals surface area (Å²) in [4.78, 5) is 39.3. The highest BCUT2D eigenvalue weighted by atomic mass is 16.9. The molecular weight excluding hydrogens is 258 g/mol. The molecule has 3 unspecified atom stereocenters. The summed E-state index contributed by atoms with van der Waals surface area (Å²) >= 11 is 0. The lowest BCUT2D eigenvalue weighted by molar-refractivity contribution is -0.737. The highest BCUT2D eigenvalue weighted by molar-refractivity contribution is 6.36. The number of ketones is 1. The molecule has 0 aliphatic carbocycles. The molecule has 19 heavy (non-hydrogen) atoms. The second-order valence-electron chi connectivity index (χ2n) is 4.11. The van der Waals surface area contributed by atoms with Crippen molar-refractivity contribution in [2.75, 3.05) is 14.2 Å². The Morgan fingerprint density at radius 1 is 1.32 bits per heavy atom. The van der Waals surface area contributed by atoms with E-state index in [0.717, 1.165) is 14.2 Å². The van der Waals surface area contributed by atoms with Crippen LogP contribution in [0.25, 0.3) is 0 Å². The minimum absolute atomic E-state index is 0.0858. The summed E-state index contributed by atoms with van der Waals surface area (Å²) in [5.41, 5.74) is -0.416. The van der Waals surface area contributed by atoms with Gasteiger partial charge in [-0.25, -0.2) is 4.79 Å². The number of nitrogens with zero attached hydrogens (tertiary/aromatic N) is 1. The first-order valence-electron chi connectivity index (χ1n) is 5.52. The van der Waals surface area contributed by atoms with Gasteiger partial charge in [0.05, 0.1) is 25.0 Å². The topological polar surface area (TPSA) is 105 Å². The highest BCUT2D eigenvalue weighted by Gasteiger charge is 2.52. The van der Waals surface area contributed by atoms with E-state index in [-0.39, 0.29) is 10.7 Å². The van der Waals surface area contributed by atoms with Gasteiger partial charge >= 0.3 is 17.7 Å². The Hall–Kier alpha value is -2.12. The fourth-order valence-corrected chi connectivity index (χ4v) is 1.86. The summed E-state index contributed by atoms with van der Waals surface area (Å²) < 4.78 is 8.96. The van der Waals surface area contributed by atoms with Crippen LogP contribution in [0.15, 0.2) is 0 Å². The maximum atomic E-state index is 11.6. The molecule has 0 fully saturated rings. The zero-order valence-corrected chi connectivity index (χ0v) is 11.0. The number of hydrogen-bond acceptors (Lipinski definition) is 7. The molecule has 0 aromatic carbocycles. The molecular formula is C11H15NO7. The third-order valence-corrected chi connectivity index (χ3v) is 3.06. The van der Waals surface area contributed by atoms with Gasteiger partial charge in [0.2, 0.25) is 0 Å². The minimum Gasteiger partial charge on any atom is -0.468 e. The van der Waals surface area contributed by atoms with Gasteiger partial charge in [-0.3, -0.25) is 14.8 Å². The molecule has 8 nitrogen and oxygen atoms in total. The number of ether oxygens (including phenoxy) is 2. The second-order valence-corrected chi connectivity index (χ2v) is 4.11. The zero-order chi connectivity index (χ0) is 14.7. The number of carbonyl (C=O) groups excluding carboxylic acids is 3. The van der Waals surface area contributed by atoms with Gasteiger partial charge in [0.1, 0.15) is 5.78 Å². The molecule has 1 aliphatic heterocycles. The van der Waals surface area contributed by atoms with Crippen LogP contribution in [-0.2, 0) is 28.7 Å². The average Bonchev–Trinajstić information content (AvgIpc) is 2.73. The summed E-state index contributed by atoms with van der Waals surface area (Å²) in [6.45, 7) is 2.79. The summed E-state index contributed by atoms with van der Waals surface area (Å²) in [6.07, 6.45) is -1.34.